The van der Waals surface area contributed by atoms with Gasteiger partial charge in [-0.15, -0.1) is 0 Å². The zero-order valence-corrected chi connectivity index (χ0v) is 17.4. The molecule has 0 fully saturated rings. The Labute approximate surface area is 180 Å². The summed E-state index contributed by atoms with van der Waals surface area (Å²) in [5, 5.41) is 8.98. The normalized spacial score (nSPS) is 14.5. The molecule has 0 atom stereocenters. The van der Waals surface area contributed by atoms with E-state index in [1.54, 1.807) is 18.2 Å². The second-order valence-corrected chi connectivity index (χ2v) is 7.59. The highest BCUT2D eigenvalue weighted by Gasteiger charge is 2.18. The van der Waals surface area contributed by atoms with E-state index in [4.69, 9.17) is 14.3 Å². The number of aromatic nitrogens is 1. The number of oxazole rings is 1. The highest BCUT2D eigenvalue weighted by Crippen LogP contribution is 2.36. The first-order valence-corrected chi connectivity index (χ1v) is 10.4. The van der Waals surface area contributed by atoms with E-state index in [9.17, 15) is 9.18 Å². The Balaban J connectivity index is 1.45. The highest BCUT2D eigenvalue weighted by molar-refractivity contribution is 5.77. The lowest BCUT2D eigenvalue weighted by Crippen LogP contribution is -2.09. The van der Waals surface area contributed by atoms with Crippen LogP contribution < -0.4 is 4.74 Å². The summed E-state index contributed by atoms with van der Waals surface area (Å²) in [7, 11) is 0. The van der Waals surface area contributed by atoms with Crippen molar-refractivity contribution in [2.24, 2.45) is 0 Å². The van der Waals surface area contributed by atoms with Crippen LogP contribution in [0.15, 0.2) is 53.0 Å². The average molecular weight is 421 g/mol. The number of halogens is 1. The molecular weight excluding hydrogens is 397 g/mol. The van der Waals surface area contributed by atoms with Crippen molar-refractivity contribution in [1.82, 2.24) is 4.98 Å². The number of aliphatic carboxylic acids is 1. The molecule has 6 heteroatoms. The van der Waals surface area contributed by atoms with Gasteiger partial charge in [0.1, 0.15) is 17.3 Å². The predicted molar refractivity (Wildman–Crippen MR) is 115 cm³/mol. The second kappa shape index (κ2) is 9.16. The Hall–Kier alpha value is -3.41. The number of carboxylic acids is 1. The van der Waals surface area contributed by atoms with Gasteiger partial charge in [0.15, 0.2) is 0 Å². The summed E-state index contributed by atoms with van der Waals surface area (Å²) in [6.07, 6.45) is 5.19. The Kier molecular flexibility index (Phi) is 6.16. The number of benzene rings is 2. The summed E-state index contributed by atoms with van der Waals surface area (Å²) in [5.74, 6) is 0.899. The third-order valence-electron chi connectivity index (χ3n) is 5.46. The Morgan fingerprint density at radius 1 is 1.23 bits per heavy atom. The van der Waals surface area contributed by atoms with E-state index in [-0.39, 0.29) is 12.2 Å². The maximum absolute atomic E-state index is 13.1. The van der Waals surface area contributed by atoms with Gasteiger partial charge >= 0.3 is 5.97 Å². The summed E-state index contributed by atoms with van der Waals surface area (Å²) in [6, 6.07) is 12.0. The molecule has 2 aromatic carbocycles. The lowest BCUT2D eigenvalue weighted by atomic mass is 9.86. The standard InChI is InChI=1S/C25H24FNO4/c1-16-22(27-25(31-16)18-8-11-19(26)12-9-18)14-15-30-23-7-3-5-20-17(10-13-24(28)29)4-2-6-21(20)23/h3,5,7-12H,2,4,6,13-15H2,1H3,(H,28,29)/b17-10-. The van der Waals surface area contributed by atoms with Crippen molar-refractivity contribution in [3.8, 4) is 17.2 Å². The molecular formula is C25H24FNO4. The van der Waals surface area contributed by atoms with E-state index in [1.807, 2.05) is 25.1 Å². The van der Waals surface area contributed by atoms with Gasteiger partial charge in [0.05, 0.1) is 18.7 Å². The van der Waals surface area contributed by atoms with Crippen molar-refractivity contribution in [2.75, 3.05) is 6.61 Å². The second-order valence-electron chi connectivity index (χ2n) is 7.59. The minimum absolute atomic E-state index is 0.0294. The molecule has 1 aliphatic rings. The molecule has 0 spiro atoms. The van der Waals surface area contributed by atoms with Crippen molar-refractivity contribution in [3.63, 3.8) is 0 Å². The van der Waals surface area contributed by atoms with Crippen molar-refractivity contribution in [1.29, 1.82) is 0 Å². The van der Waals surface area contributed by atoms with E-state index in [0.717, 1.165) is 58.7 Å². The van der Waals surface area contributed by atoms with E-state index >= 15 is 0 Å². The Bertz CT molecular complexity index is 1120. The van der Waals surface area contributed by atoms with Crippen LogP contribution in [0.5, 0.6) is 5.75 Å². The largest absolute Gasteiger partial charge is 0.493 e. The van der Waals surface area contributed by atoms with Crippen LogP contribution in [0.2, 0.25) is 0 Å². The molecule has 3 aromatic rings. The molecule has 0 saturated carbocycles. The maximum Gasteiger partial charge on any atom is 0.307 e. The number of hydrogen-bond donors (Lipinski definition) is 1. The molecule has 0 radical (unpaired) electrons. The zero-order chi connectivity index (χ0) is 21.8. The maximum atomic E-state index is 13.1. The quantitative estimate of drug-likeness (QED) is 0.537. The molecule has 1 heterocycles. The van der Waals surface area contributed by atoms with E-state index in [0.29, 0.717) is 18.9 Å². The van der Waals surface area contributed by atoms with Gasteiger partial charge in [0.25, 0.3) is 0 Å². The van der Waals surface area contributed by atoms with Gasteiger partial charge in [0.2, 0.25) is 5.89 Å². The fourth-order valence-corrected chi connectivity index (χ4v) is 3.91. The van der Waals surface area contributed by atoms with Crippen LogP contribution in [-0.4, -0.2) is 22.7 Å². The number of ether oxygens (including phenoxy) is 1. The molecule has 0 amide bonds. The third kappa shape index (κ3) is 4.85. The van der Waals surface area contributed by atoms with Crippen LogP contribution in [0.1, 0.15) is 41.8 Å². The third-order valence-corrected chi connectivity index (χ3v) is 5.46. The Morgan fingerprint density at radius 2 is 2.03 bits per heavy atom. The van der Waals surface area contributed by atoms with E-state index < -0.39 is 5.97 Å². The molecule has 0 aliphatic heterocycles. The molecule has 5 nitrogen and oxygen atoms in total. The number of carboxylic acid groups (broad SMARTS) is 1. The van der Waals surface area contributed by atoms with Crippen LogP contribution in [0.4, 0.5) is 4.39 Å². The first kappa shape index (κ1) is 20.8. The zero-order valence-electron chi connectivity index (χ0n) is 17.4. The fourth-order valence-electron chi connectivity index (χ4n) is 3.91. The molecule has 1 N–H and O–H groups in total. The number of allylic oxidation sites excluding steroid dienone is 1. The van der Waals surface area contributed by atoms with Crippen LogP contribution >= 0.6 is 0 Å². The molecule has 1 aliphatic carbocycles. The fraction of sp³-hybridized carbons (Fsp3) is 0.280. The van der Waals surface area contributed by atoms with Crippen LogP contribution in [0, 0.1) is 12.7 Å². The minimum Gasteiger partial charge on any atom is -0.493 e. The van der Waals surface area contributed by atoms with Crippen LogP contribution in [-0.2, 0) is 17.6 Å². The van der Waals surface area contributed by atoms with Crippen molar-refractivity contribution in [3.05, 3.63) is 76.9 Å². The smallest absolute Gasteiger partial charge is 0.307 e. The minimum atomic E-state index is -0.824. The molecule has 160 valence electrons. The number of hydrogen-bond acceptors (Lipinski definition) is 4. The van der Waals surface area contributed by atoms with E-state index in [1.165, 1.54) is 12.1 Å². The molecule has 0 bridgehead atoms. The highest BCUT2D eigenvalue weighted by atomic mass is 19.1. The molecule has 0 saturated heterocycles. The molecule has 1 aromatic heterocycles. The van der Waals surface area contributed by atoms with Gasteiger partial charge in [0, 0.05) is 17.5 Å². The summed E-state index contributed by atoms with van der Waals surface area (Å²) in [4.78, 5) is 15.5. The average Bonchev–Trinajstić information content (AvgIpc) is 3.13. The SMILES string of the molecule is Cc1oc(-c2ccc(F)cc2)nc1CCOc1cccc2c1CCC/C2=C/CC(=O)O. The van der Waals surface area contributed by atoms with Crippen molar-refractivity contribution < 1.29 is 23.4 Å². The monoisotopic (exact) mass is 421 g/mol. The summed E-state index contributed by atoms with van der Waals surface area (Å²) in [6.45, 7) is 2.31. The number of fused-ring (bicyclic) bond motifs is 1. The molecule has 31 heavy (non-hydrogen) atoms. The number of carbonyl (C=O) groups is 1. The predicted octanol–water partition coefficient (Wildman–Crippen LogP) is 5.61. The van der Waals surface area contributed by atoms with Gasteiger partial charge in [-0.25, -0.2) is 9.37 Å². The first-order chi connectivity index (χ1) is 15.0. The summed E-state index contributed by atoms with van der Waals surface area (Å²) < 4.78 is 25.0. The number of rotatable bonds is 7. The number of aryl methyl sites for hydroxylation is 1. The summed E-state index contributed by atoms with van der Waals surface area (Å²) in [5.41, 5.74) is 4.83. The van der Waals surface area contributed by atoms with Gasteiger partial charge in [-0.1, -0.05) is 18.2 Å². The van der Waals surface area contributed by atoms with Gasteiger partial charge in [-0.05, 0) is 67.7 Å². The van der Waals surface area contributed by atoms with Crippen LogP contribution in [0.3, 0.4) is 0 Å². The topological polar surface area (TPSA) is 72.6 Å². The number of nitrogens with zero attached hydrogens (tertiary/aromatic N) is 1. The Morgan fingerprint density at radius 3 is 2.81 bits per heavy atom. The van der Waals surface area contributed by atoms with E-state index in [2.05, 4.69) is 4.98 Å². The summed E-state index contributed by atoms with van der Waals surface area (Å²) >= 11 is 0. The molecule has 4 rings (SSSR count). The molecule has 0 unspecified atom stereocenters. The lowest BCUT2D eigenvalue weighted by Gasteiger charge is -2.22. The van der Waals surface area contributed by atoms with Gasteiger partial charge in [-0.2, -0.15) is 0 Å². The van der Waals surface area contributed by atoms with Crippen LogP contribution in [0.25, 0.3) is 17.0 Å². The lowest BCUT2D eigenvalue weighted by molar-refractivity contribution is -0.136. The first-order valence-electron chi connectivity index (χ1n) is 10.4. The van der Waals surface area contributed by atoms with Crippen molar-refractivity contribution in [2.45, 2.75) is 39.0 Å². The van der Waals surface area contributed by atoms with Gasteiger partial charge in [-0.3, -0.25) is 4.79 Å². The van der Waals surface area contributed by atoms with Crippen molar-refractivity contribution >= 4 is 11.5 Å². The van der Waals surface area contributed by atoms with Gasteiger partial charge < -0.3 is 14.3 Å².